The van der Waals surface area contributed by atoms with E-state index in [-0.39, 0.29) is 5.82 Å². The molecule has 2 saturated heterocycles. The van der Waals surface area contributed by atoms with Crippen LogP contribution in [-0.2, 0) is 4.74 Å². The molecule has 0 aliphatic carbocycles. The highest BCUT2D eigenvalue weighted by Gasteiger charge is 2.24. The second-order valence-electron chi connectivity index (χ2n) is 6.75. The van der Waals surface area contributed by atoms with E-state index in [0.29, 0.717) is 12.5 Å². The van der Waals surface area contributed by atoms with E-state index in [1.807, 2.05) is 0 Å². The maximum atomic E-state index is 13.0. The van der Waals surface area contributed by atoms with Crippen LogP contribution in [0.15, 0.2) is 24.3 Å². The van der Waals surface area contributed by atoms with E-state index in [0.717, 1.165) is 51.5 Å². The number of nitrogens with zero attached hydrogens (tertiary/aromatic N) is 2. The van der Waals surface area contributed by atoms with E-state index in [1.165, 1.54) is 25.0 Å². The van der Waals surface area contributed by atoms with Crippen molar-refractivity contribution in [3.8, 4) is 0 Å². The molecule has 0 spiro atoms. The predicted molar refractivity (Wildman–Crippen MR) is 87.8 cm³/mol. The predicted octanol–water partition coefficient (Wildman–Crippen LogP) is 1.90. The minimum absolute atomic E-state index is 0.260. The van der Waals surface area contributed by atoms with Crippen LogP contribution in [0.5, 0.6) is 0 Å². The van der Waals surface area contributed by atoms with Crippen LogP contribution < -0.4 is 0 Å². The highest BCUT2D eigenvalue weighted by Crippen LogP contribution is 2.22. The van der Waals surface area contributed by atoms with Gasteiger partial charge in [0.25, 0.3) is 0 Å². The SMILES string of the molecule is OC(CN1CCCC(CN2CCOCC2)C1)c1ccc(F)cc1. The lowest BCUT2D eigenvalue weighted by molar-refractivity contribution is 0.0187. The maximum Gasteiger partial charge on any atom is 0.123 e. The first-order valence-corrected chi connectivity index (χ1v) is 8.66. The molecule has 1 aromatic rings. The third kappa shape index (κ3) is 4.98. The van der Waals surface area contributed by atoms with E-state index < -0.39 is 6.10 Å². The van der Waals surface area contributed by atoms with Crippen LogP contribution >= 0.6 is 0 Å². The van der Waals surface area contributed by atoms with Crippen LogP contribution in [0.4, 0.5) is 4.39 Å². The molecule has 5 heteroatoms. The summed E-state index contributed by atoms with van der Waals surface area (Å²) in [5, 5.41) is 10.4. The molecule has 0 radical (unpaired) electrons. The van der Waals surface area contributed by atoms with Crippen molar-refractivity contribution in [2.45, 2.75) is 18.9 Å². The minimum atomic E-state index is -0.544. The number of benzene rings is 1. The van der Waals surface area contributed by atoms with Crippen molar-refractivity contribution in [3.63, 3.8) is 0 Å². The van der Waals surface area contributed by atoms with Crippen molar-refractivity contribution in [1.29, 1.82) is 0 Å². The second-order valence-corrected chi connectivity index (χ2v) is 6.75. The molecule has 2 fully saturated rings. The number of halogens is 1. The summed E-state index contributed by atoms with van der Waals surface area (Å²) in [7, 11) is 0. The normalized spacial score (nSPS) is 25.4. The van der Waals surface area contributed by atoms with E-state index in [9.17, 15) is 9.50 Å². The Morgan fingerprint density at radius 3 is 2.61 bits per heavy atom. The van der Waals surface area contributed by atoms with Crippen LogP contribution in [0.1, 0.15) is 24.5 Å². The first-order chi connectivity index (χ1) is 11.2. The van der Waals surface area contributed by atoms with Gasteiger partial charge in [-0.1, -0.05) is 12.1 Å². The van der Waals surface area contributed by atoms with Gasteiger partial charge in [0.05, 0.1) is 19.3 Å². The summed E-state index contributed by atoms with van der Waals surface area (Å²) in [6.45, 7) is 7.61. The van der Waals surface area contributed by atoms with Crippen molar-refractivity contribution in [2.75, 3.05) is 52.5 Å². The Bertz CT molecular complexity index is 476. The van der Waals surface area contributed by atoms with Gasteiger partial charge in [-0.25, -0.2) is 4.39 Å². The highest BCUT2D eigenvalue weighted by molar-refractivity contribution is 5.18. The largest absolute Gasteiger partial charge is 0.387 e. The number of rotatable bonds is 5. The van der Waals surface area contributed by atoms with Crippen LogP contribution in [-0.4, -0.2) is 67.4 Å². The van der Waals surface area contributed by atoms with E-state index >= 15 is 0 Å². The molecule has 2 unspecified atom stereocenters. The number of hydrogen-bond donors (Lipinski definition) is 1. The Hall–Kier alpha value is -1.01. The summed E-state index contributed by atoms with van der Waals surface area (Å²) in [6.07, 6.45) is 1.91. The van der Waals surface area contributed by atoms with Gasteiger partial charge in [-0.15, -0.1) is 0 Å². The number of ether oxygens (including phenoxy) is 1. The van der Waals surface area contributed by atoms with Gasteiger partial charge in [0.2, 0.25) is 0 Å². The van der Waals surface area contributed by atoms with Gasteiger partial charge in [-0.05, 0) is 43.0 Å². The van der Waals surface area contributed by atoms with Crippen LogP contribution in [0.3, 0.4) is 0 Å². The minimum Gasteiger partial charge on any atom is -0.387 e. The van der Waals surface area contributed by atoms with Crippen molar-refractivity contribution in [1.82, 2.24) is 9.80 Å². The third-order valence-electron chi connectivity index (χ3n) is 4.91. The quantitative estimate of drug-likeness (QED) is 0.898. The van der Waals surface area contributed by atoms with Gasteiger partial charge in [-0.2, -0.15) is 0 Å². The Morgan fingerprint density at radius 2 is 1.87 bits per heavy atom. The molecule has 0 saturated carbocycles. The van der Waals surface area contributed by atoms with Crippen LogP contribution in [0.25, 0.3) is 0 Å². The number of likely N-dealkylation sites (tertiary alicyclic amines) is 1. The molecule has 4 nitrogen and oxygen atoms in total. The molecule has 1 aromatic carbocycles. The van der Waals surface area contributed by atoms with Crippen molar-refractivity contribution < 1.29 is 14.2 Å². The topological polar surface area (TPSA) is 35.9 Å². The molecule has 23 heavy (non-hydrogen) atoms. The van der Waals surface area contributed by atoms with E-state index in [2.05, 4.69) is 9.80 Å². The van der Waals surface area contributed by atoms with Crippen molar-refractivity contribution >= 4 is 0 Å². The molecule has 0 bridgehead atoms. The molecule has 2 aliphatic rings. The van der Waals surface area contributed by atoms with E-state index in [4.69, 9.17) is 4.74 Å². The zero-order valence-electron chi connectivity index (χ0n) is 13.7. The zero-order chi connectivity index (χ0) is 16.1. The lowest BCUT2D eigenvalue weighted by Gasteiger charge is -2.37. The number of β-amino-alcohol motifs (C(OH)–C–C–N with tert-alkyl or cyclic N) is 1. The summed E-state index contributed by atoms with van der Waals surface area (Å²) >= 11 is 0. The van der Waals surface area contributed by atoms with Crippen LogP contribution in [0.2, 0.25) is 0 Å². The Labute approximate surface area is 137 Å². The summed E-state index contributed by atoms with van der Waals surface area (Å²) in [5.74, 6) is 0.409. The number of aliphatic hydroxyl groups is 1. The van der Waals surface area contributed by atoms with Gasteiger partial charge in [0.1, 0.15) is 5.82 Å². The highest BCUT2D eigenvalue weighted by atomic mass is 19.1. The third-order valence-corrected chi connectivity index (χ3v) is 4.91. The number of piperidine rings is 1. The number of hydrogen-bond acceptors (Lipinski definition) is 4. The summed E-state index contributed by atoms with van der Waals surface area (Å²) in [5.41, 5.74) is 0.793. The molecular formula is C18H27FN2O2. The lowest BCUT2D eigenvalue weighted by Crippen LogP contribution is -2.45. The van der Waals surface area contributed by atoms with Crippen molar-refractivity contribution in [2.24, 2.45) is 5.92 Å². The smallest absolute Gasteiger partial charge is 0.123 e. The fourth-order valence-corrected chi connectivity index (χ4v) is 3.65. The fourth-order valence-electron chi connectivity index (χ4n) is 3.65. The molecule has 0 aromatic heterocycles. The van der Waals surface area contributed by atoms with Gasteiger partial charge in [0, 0.05) is 32.7 Å². The monoisotopic (exact) mass is 322 g/mol. The maximum absolute atomic E-state index is 13.0. The Kier molecular flexibility index (Phi) is 6.00. The first-order valence-electron chi connectivity index (χ1n) is 8.66. The van der Waals surface area contributed by atoms with Gasteiger partial charge >= 0.3 is 0 Å². The molecule has 2 heterocycles. The molecule has 1 N–H and O–H groups in total. The van der Waals surface area contributed by atoms with Crippen molar-refractivity contribution in [3.05, 3.63) is 35.6 Å². The van der Waals surface area contributed by atoms with Gasteiger partial charge < -0.3 is 14.7 Å². The fraction of sp³-hybridized carbons (Fsp3) is 0.667. The van der Waals surface area contributed by atoms with Gasteiger partial charge in [0.15, 0.2) is 0 Å². The van der Waals surface area contributed by atoms with E-state index in [1.54, 1.807) is 12.1 Å². The Balaban J connectivity index is 1.48. The number of aliphatic hydroxyl groups excluding tert-OH is 1. The molecule has 2 atom stereocenters. The molecule has 0 amide bonds. The lowest BCUT2D eigenvalue weighted by atomic mass is 9.96. The van der Waals surface area contributed by atoms with Crippen LogP contribution in [0, 0.1) is 11.7 Å². The molecule has 2 aliphatic heterocycles. The summed E-state index contributed by atoms with van der Waals surface area (Å²) < 4.78 is 18.4. The average Bonchev–Trinajstić information content (AvgIpc) is 2.57. The van der Waals surface area contributed by atoms with Gasteiger partial charge in [-0.3, -0.25) is 4.90 Å². The summed E-state index contributed by atoms with van der Waals surface area (Å²) in [6, 6.07) is 6.18. The Morgan fingerprint density at radius 1 is 1.13 bits per heavy atom. The zero-order valence-corrected chi connectivity index (χ0v) is 13.7. The number of morpholine rings is 1. The average molecular weight is 322 g/mol. The first kappa shape index (κ1) is 16.8. The summed E-state index contributed by atoms with van der Waals surface area (Å²) in [4.78, 5) is 4.84. The molecular weight excluding hydrogens is 295 g/mol. The molecule has 3 rings (SSSR count). The second kappa shape index (κ2) is 8.20. The molecule has 128 valence electrons. The standard InChI is InChI=1S/C18H27FN2O2/c19-17-5-3-16(4-6-17)18(22)14-21-7-1-2-15(13-21)12-20-8-10-23-11-9-20/h3-6,15,18,22H,1-2,7-14H2.